The van der Waals surface area contributed by atoms with Crippen molar-refractivity contribution in [1.82, 2.24) is 10.2 Å². The van der Waals surface area contributed by atoms with Gasteiger partial charge in [-0.3, -0.25) is 24.6 Å². The zero-order valence-corrected chi connectivity index (χ0v) is 16.7. The maximum atomic E-state index is 13.5. The van der Waals surface area contributed by atoms with Gasteiger partial charge in [0.05, 0.1) is 11.8 Å². The molecule has 3 heterocycles. The molecule has 144 valence electrons. The SMILES string of the molecule is Cc1ccc2c(c1)[C@]1(N[C@@H](C(C)C)[C@H]3C(=O)N(C(C)(C)C)C(=O)[C@H]31)C(=O)N2. The van der Waals surface area contributed by atoms with Crippen molar-refractivity contribution in [2.24, 2.45) is 17.8 Å². The number of benzene rings is 1. The van der Waals surface area contributed by atoms with Crippen LogP contribution in [-0.4, -0.2) is 34.2 Å². The van der Waals surface area contributed by atoms with Gasteiger partial charge in [-0.15, -0.1) is 0 Å². The number of carbonyl (C=O) groups is 3. The molecule has 0 saturated carbocycles. The number of anilines is 1. The first-order valence-corrected chi connectivity index (χ1v) is 9.58. The van der Waals surface area contributed by atoms with Gasteiger partial charge in [0.15, 0.2) is 0 Å². The van der Waals surface area contributed by atoms with E-state index in [4.69, 9.17) is 0 Å². The van der Waals surface area contributed by atoms with E-state index >= 15 is 0 Å². The van der Waals surface area contributed by atoms with E-state index in [9.17, 15) is 14.4 Å². The van der Waals surface area contributed by atoms with Gasteiger partial charge in [-0.25, -0.2) is 0 Å². The first-order chi connectivity index (χ1) is 12.5. The lowest BCUT2D eigenvalue weighted by molar-refractivity contribution is -0.148. The molecule has 0 aromatic heterocycles. The van der Waals surface area contributed by atoms with E-state index in [1.165, 1.54) is 4.90 Å². The summed E-state index contributed by atoms with van der Waals surface area (Å²) in [6, 6.07) is 5.53. The summed E-state index contributed by atoms with van der Waals surface area (Å²) in [5, 5.41) is 6.39. The average Bonchev–Trinajstić information content (AvgIpc) is 3.13. The molecule has 3 amide bonds. The van der Waals surface area contributed by atoms with Crippen LogP contribution in [0.3, 0.4) is 0 Å². The second-order valence-corrected chi connectivity index (χ2v) is 9.41. The molecule has 4 rings (SSSR count). The third kappa shape index (κ3) is 2.19. The fourth-order valence-corrected chi connectivity index (χ4v) is 5.08. The van der Waals surface area contributed by atoms with E-state index in [0.717, 1.165) is 16.8 Å². The Morgan fingerprint density at radius 1 is 1.11 bits per heavy atom. The maximum absolute atomic E-state index is 13.5. The zero-order valence-electron chi connectivity index (χ0n) is 16.7. The van der Waals surface area contributed by atoms with Crippen LogP contribution in [0.5, 0.6) is 0 Å². The second kappa shape index (κ2) is 5.41. The molecule has 2 fully saturated rings. The highest BCUT2D eigenvalue weighted by atomic mass is 16.2. The molecule has 27 heavy (non-hydrogen) atoms. The predicted octanol–water partition coefficient (Wildman–Crippen LogP) is 2.17. The van der Waals surface area contributed by atoms with Gasteiger partial charge in [-0.2, -0.15) is 0 Å². The Bertz CT molecular complexity index is 870. The molecule has 0 bridgehead atoms. The lowest BCUT2D eigenvalue weighted by Crippen LogP contribution is -2.56. The highest BCUT2D eigenvalue weighted by Crippen LogP contribution is 2.54. The lowest BCUT2D eigenvalue weighted by Gasteiger charge is -2.35. The summed E-state index contributed by atoms with van der Waals surface area (Å²) in [6.07, 6.45) is 0. The van der Waals surface area contributed by atoms with Gasteiger partial charge < -0.3 is 5.32 Å². The van der Waals surface area contributed by atoms with E-state index < -0.39 is 22.9 Å². The zero-order chi connectivity index (χ0) is 19.9. The van der Waals surface area contributed by atoms with E-state index in [1.807, 2.05) is 59.7 Å². The fraction of sp³-hybridized carbons (Fsp3) is 0.571. The standard InChI is InChI=1S/C21H27N3O3/c1-10(2)16-14-15(18(26)24(17(14)25)20(4,5)6)21(23-16)12-9-11(3)7-8-13(12)22-19(21)27/h7-10,14-16,23H,1-6H3,(H,22,27)/t14-,15-,16-,21+/m0/s1. The van der Waals surface area contributed by atoms with Crippen LogP contribution in [0, 0.1) is 24.7 Å². The van der Waals surface area contributed by atoms with Crippen LogP contribution >= 0.6 is 0 Å². The van der Waals surface area contributed by atoms with Gasteiger partial charge >= 0.3 is 0 Å². The topological polar surface area (TPSA) is 78.5 Å². The van der Waals surface area contributed by atoms with E-state index in [0.29, 0.717) is 0 Å². The quantitative estimate of drug-likeness (QED) is 0.744. The number of rotatable bonds is 1. The van der Waals surface area contributed by atoms with Crippen LogP contribution in [0.15, 0.2) is 18.2 Å². The van der Waals surface area contributed by atoms with E-state index in [2.05, 4.69) is 10.6 Å². The van der Waals surface area contributed by atoms with Gasteiger partial charge in [0.1, 0.15) is 5.54 Å². The molecular formula is C21H27N3O3. The third-order valence-electron chi connectivity index (χ3n) is 6.19. The van der Waals surface area contributed by atoms with E-state index in [1.54, 1.807) is 0 Å². The minimum absolute atomic E-state index is 0.107. The van der Waals surface area contributed by atoms with Gasteiger partial charge in [0, 0.05) is 22.8 Å². The van der Waals surface area contributed by atoms with Crippen LogP contribution in [-0.2, 0) is 19.9 Å². The van der Waals surface area contributed by atoms with Gasteiger partial charge in [-0.1, -0.05) is 31.5 Å². The monoisotopic (exact) mass is 369 g/mol. The van der Waals surface area contributed by atoms with Crippen molar-refractivity contribution >= 4 is 23.4 Å². The highest BCUT2D eigenvalue weighted by molar-refractivity contribution is 6.15. The Balaban J connectivity index is 1.95. The Kier molecular flexibility index (Phi) is 3.64. The number of aryl methyl sites for hydroxylation is 1. The van der Waals surface area contributed by atoms with Gasteiger partial charge in [0.2, 0.25) is 17.7 Å². The van der Waals surface area contributed by atoms with Crippen molar-refractivity contribution in [1.29, 1.82) is 0 Å². The van der Waals surface area contributed by atoms with Crippen molar-refractivity contribution in [3.8, 4) is 0 Å². The first kappa shape index (κ1) is 18.2. The first-order valence-electron chi connectivity index (χ1n) is 9.58. The molecule has 0 radical (unpaired) electrons. The van der Waals surface area contributed by atoms with Crippen molar-refractivity contribution in [2.45, 2.75) is 58.7 Å². The molecule has 4 atom stereocenters. The normalized spacial score (nSPS) is 32.5. The third-order valence-corrected chi connectivity index (χ3v) is 6.19. The number of fused-ring (bicyclic) bond motifs is 4. The summed E-state index contributed by atoms with van der Waals surface area (Å²) in [5.74, 6) is -1.81. The molecule has 3 aliphatic heterocycles. The van der Waals surface area contributed by atoms with Crippen LogP contribution in [0.4, 0.5) is 5.69 Å². The lowest BCUT2D eigenvalue weighted by atomic mass is 9.75. The van der Waals surface area contributed by atoms with Crippen LogP contribution in [0.2, 0.25) is 0 Å². The Hall–Kier alpha value is -2.21. The summed E-state index contributed by atoms with van der Waals surface area (Å²) in [6.45, 7) is 11.6. The van der Waals surface area contributed by atoms with Gasteiger partial charge in [0.25, 0.3) is 0 Å². The second-order valence-electron chi connectivity index (χ2n) is 9.41. The van der Waals surface area contributed by atoms with Gasteiger partial charge in [-0.05, 0) is 39.7 Å². The Morgan fingerprint density at radius 2 is 1.78 bits per heavy atom. The summed E-state index contributed by atoms with van der Waals surface area (Å²) in [7, 11) is 0. The number of likely N-dealkylation sites (tertiary alicyclic amines) is 1. The Labute approximate surface area is 159 Å². The van der Waals surface area contributed by atoms with Crippen molar-refractivity contribution in [3.05, 3.63) is 29.3 Å². The Morgan fingerprint density at radius 3 is 2.37 bits per heavy atom. The molecule has 1 aromatic carbocycles. The number of imide groups is 1. The molecule has 2 N–H and O–H groups in total. The largest absolute Gasteiger partial charge is 0.324 e. The predicted molar refractivity (Wildman–Crippen MR) is 102 cm³/mol. The van der Waals surface area contributed by atoms with Crippen LogP contribution in [0.25, 0.3) is 0 Å². The number of nitrogens with zero attached hydrogens (tertiary/aromatic N) is 1. The highest BCUT2D eigenvalue weighted by Gasteiger charge is 2.71. The minimum Gasteiger partial charge on any atom is -0.324 e. The minimum atomic E-state index is -1.19. The molecule has 1 spiro atoms. The van der Waals surface area contributed by atoms with E-state index in [-0.39, 0.29) is 29.7 Å². The smallest absolute Gasteiger partial charge is 0.250 e. The summed E-state index contributed by atoms with van der Waals surface area (Å²) < 4.78 is 0. The van der Waals surface area contributed by atoms with Crippen molar-refractivity contribution in [2.75, 3.05) is 5.32 Å². The molecule has 2 saturated heterocycles. The molecule has 1 aromatic rings. The molecular weight excluding hydrogens is 342 g/mol. The summed E-state index contributed by atoms with van der Waals surface area (Å²) in [5.41, 5.74) is 0.707. The number of amides is 3. The number of hydrogen-bond acceptors (Lipinski definition) is 4. The van der Waals surface area contributed by atoms with Crippen molar-refractivity contribution < 1.29 is 14.4 Å². The number of carbonyl (C=O) groups excluding carboxylic acids is 3. The molecule has 6 heteroatoms. The summed E-state index contributed by atoms with van der Waals surface area (Å²) in [4.78, 5) is 41.4. The molecule has 3 aliphatic rings. The number of hydrogen-bond donors (Lipinski definition) is 2. The fourth-order valence-electron chi connectivity index (χ4n) is 5.08. The number of nitrogens with one attached hydrogen (secondary N) is 2. The van der Waals surface area contributed by atoms with Crippen LogP contribution in [0.1, 0.15) is 45.7 Å². The molecule has 0 aliphatic carbocycles. The summed E-state index contributed by atoms with van der Waals surface area (Å²) >= 11 is 0. The van der Waals surface area contributed by atoms with Crippen LogP contribution < -0.4 is 10.6 Å². The molecule has 0 unspecified atom stereocenters. The average molecular weight is 369 g/mol. The van der Waals surface area contributed by atoms with Crippen molar-refractivity contribution in [3.63, 3.8) is 0 Å². The molecule has 6 nitrogen and oxygen atoms in total. The maximum Gasteiger partial charge on any atom is 0.250 e.